The first-order chi connectivity index (χ1) is 11.7. The highest BCUT2D eigenvalue weighted by Gasteiger charge is 2.12. The molecule has 0 radical (unpaired) electrons. The van der Waals surface area contributed by atoms with Gasteiger partial charge in [-0.05, 0) is 36.4 Å². The van der Waals surface area contributed by atoms with Crippen molar-refractivity contribution in [1.82, 2.24) is 0 Å². The Morgan fingerprint density at radius 2 is 1.92 bits per heavy atom. The second kappa shape index (κ2) is 7.75. The molecule has 0 atom stereocenters. The Kier molecular flexibility index (Phi) is 5.23. The summed E-state index contributed by atoms with van der Waals surface area (Å²) in [6.45, 7) is 0. The molecular weight excluding hydrogens is 322 g/mol. The van der Waals surface area contributed by atoms with Crippen LogP contribution in [0.1, 0.15) is 16.3 Å². The highest BCUT2D eigenvalue weighted by atomic mass is 32.2. The minimum absolute atomic E-state index is 0.279. The molecule has 0 unspecified atom stereocenters. The van der Waals surface area contributed by atoms with E-state index in [9.17, 15) is 4.79 Å². The molecule has 0 fully saturated rings. The van der Waals surface area contributed by atoms with E-state index in [1.807, 2.05) is 48.5 Å². The fraction of sp³-hybridized carbons (Fsp3) is 0.105. The van der Waals surface area contributed by atoms with Crippen LogP contribution in [0.15, 0.2) is 76.0 Å². The summed E-state index contributed by atoms with van der Waals surface area (Å²) < 4.78 is 10.8. The van der Waals surface area contributed by atoms with Crippen LogP contribution in [0.5, 0.6) is 5.75 Å². The average molecular weight is 339 g/mol. The Morgan fingerprint density at radius 3 is 2.71 bits per heavy atom. The molecule has 1 heterocycles. The summed E-state index contributed by atoms with van der Waals surface area (Å²) in [7, 11) is 1.59. The minimum atomic E-state index is -0.279. The Hall–Kier alpha value is -2.66. The maximum Gasteiger partial charge on any atom is 0.291 e. The van der Waals surface area contributed by atoms with Gasteiger partial charge >= 0.3 is 0 Å². The van der Waals surface area contributed by atoms with Gasteiger partial charge in [-0.3, -0.25) is 4.79 Å². The van der Waals surface area contributed by atoms with Gasteiger partial charge in [0.05, 0.1) is 12.9 Å². The van der Waals surface area contributed by atoms with Crippen molar-refractivity contribution in [2.75, 3.05) is 12.4 Å². The van der Waals surface area contributed by atoms with Crippen LogP contribution in [0.3, 0.4) is 0 Å². The molecule has 0 saturated carbocycles. The highest BCUT2D eigenvalue weighted by Crippen LogP contribution is 2.24. The maximum absolute atomic E-state index is 12.2. The summed E-state index contributed by atoms with van der Waals surface area (Å²) in [4.78, 5) is 13.4. The smallest absolute Gasteiger partial charge is 0.291 e. The van der Waals surface area contributed by atoms with Crippen LogP contribution in [0.4, 0.5) is 5.69 Å². The second-order valence-electron chi connectivity index (χ2n) is 5.05. The zero-order valence-electron chi connectivity index (χ0n) is 13.2. The van der Waals surface area contributed by atoms with E-state index in [0.29, 0.717) is 22.9 Å². The molecule has 3 rings (SSSR count). The molecule has 0 bridgehead atoms. The van der Waals surface area contributed by atoms with Crippen molar-refractivity contribution < 1.29 is 13.9 Å². The number of benzene rings is 2. The molecular formula is C19H17NO3S. The molecule has 1 N–H and O–H groups in total. The molecule has 122 valence electrons. The first-order valence-electron chi connectivity index (χ1n) is 7.46. The van der Waals surface area contributed by atoms with E-state index in [1.165, 1.54) is 0 Å². The van der Waals surface area contributed by atoms with Crippen LogP contribution in [-0.2, 0) is 5.75 Å². The zero-order chi connectivity index (χ0) is 16.8. The quantitative estimate of drug-likeness (QED) is 0.653. The normalized spacial score (nSPS) is 10.4. The van der Waals surface area contributed by atoms with Gasteiger partial charge in [-0.1, -0.05) is 24.3 Å². The van der Waals surface area contributed by atoms with Gasteiger partial charge in [-0.2, -0.15) is 0 Å². The third kappa shape index (κ3) is 4.20. The third-order valence-electron chi connectivity index (χ3n) is 3.34. The number of rotatable bonds is 6. The number of ether oxygens (including phenoxy) is 1. The summed E-state index contributed by atoms with van der Waals surface area (Å²) in [6, 6.07) is 20.8. The molecule has 1 aromatic heterocycles. The number of carbonyl (C=O) groups excluding carboxylic acids is 1. The first-order valence-corrected chi connectivity index (χ1v) is 8.45. The number of thioether (sulfide) groups is 1. The number of furan rings is 1. The number of methoxy groups -OCH3 is 1. The minimum Gasteiger partial charge on any atom is -0.497 e. The Morgan fingerprint density at radius 1 is 1.08 bits per heavy atom. The fourth-order valence-corrected chi connectivity index (χ4v) is 2.96. The lowest BCUT2D eigenvalue weighted by atomic mass is 10.3. The van der Waals surface area contributed by atoms with Crippen LogP contribution in [0.25, 0.3) is 0 Å². The van der Waals surface area contributed by atoms with E-state index < -0.39 is 0 Å². The summed E-state index contributed by atoms with van der Waals surface area (Å²) in [5.74, 6) is 2.14. The van der Waals surface area contributed by atoms with Crippen LogP contribution < -0.4 is 10.1 Å². The number of hydrogen-bond donors (Lipinski definition) is 1. The summed E-state index contributed by atoms with van der Waals surface area (Å²) in [6.07, 6.45) is 0. The molecule has 0 aliphatic heterocycles. The van der Waals surface area contributed by atoms with Gasteiger partial charge in [-0.15, -0.1) is 11.8 Å². The van der Waals surface area contributed by atoms with E-state index in [2.05, 4.69) is 5.32 Å². The first kappa shape index (κ1) is 16.2. The molecule has 0 spiro atoms. The van der Waals surface area contributed by atoms with Crippen molar-refractivity contribution in [3.63, 3.8) is 0 Å². The number of amides is 1. The second-order valence-corrected chi connectivity index (χ2v) is 6.10. The summed E-state index contributed by atoms with van der Waals surface area (Å²) in [5.41, 5.74) is 0.663. The van der Waals surface area contributed by atoms with Crippen LogP contribution >= 0.6 is 11.8 Å². The van der Waals surface area contributed by atoms with E-state index in [4.69, 9.17) is 9.15 Å². The van der Waals surface area contributed by atoms with Gasteiger partial charge in [0.25, 0.3) is 5.91 Å². The van der Waals surface area contributed by atoms with Crippen LogP contribution in [-0.4, -0.2) is 13.0 Å². The van der Waals surface area contributed by atoms with Gasteiger partial charge < -0.3 is 14.5 Å². The molecule has 0 aliphatic carbocycles. The summed E-state index contributed by atoms with van der Waals surface area (Å²) >= 11 is 1.67. The van der Waals surface area contributed by atoms with Crippen molar-refractivity contribution in [2.24, 2.45) is 0 Å². The molecule has 1 amide bonds. The number of carbonyl (C=O) groups is 1. The largest absolute Gasteiger partial charge is 0.497 e. The lowest BCUT2D eigenvalue weighted by molar-refractivity contribution is 0.0995. The lowest BCUT2D eigenvalue weighted by Crippen LogP contribution is -2.10. The van der Waals surface area contributed by atoms with Crippen molar-refractivity contribution in [1.29, 1.82) is 0 Å². The Balaban J connectivity index is 1.61. The summed E-state index contributed by atoms with van der Waals surface area (Å²) in [5, 5.41) is 2.80. The lowest BCUT2D eigenvalue weighted by Gasteiger charge is -2.05. The van der Waals surface area contributed by atoms with E-state index >= 15 is 0 Å². The standard InChI is InChI=1S/C19H17NO3S/c1-22-15-7-5-6-14(12-15)20-19(21)18-11-10-16(23-18)13-24-17-8-3-2-4-9-17/h2-12H,13H2,1H3,(H,20,21). The predicted molar refractivity (Wildman–Crippen MR) is 95.7 cm³/mol. The van der Waals surface area contributed by atoms with Gasteiger partial charge in [0.2, 0.25) is 0 Å². The van der Waals surface area contributed by atoms with Crippen molar-refractivity contribution >= 4 is 23.4 Å². The predicted octanol–water partition coefficient (Wildman–Crippen LogP) is 4.83. The third-order valence-corrected chi connectivity index (χ3v) is 4.37. The van der Waals surface area contributed by atoms with Crippen molar-refractivity contribution in [2.45, 2.75) is 10.6 Å². The van der Waals surface area contributed by atoms with E-state index in [-0.39, 0.29) is 5.91 Å². The van der Waals surface area contributed by atoms with Gasteiger partial charge in [-0.25, -0.2) is 0 Å². The number of hydrogen-bond acceptors (Lipinski definition) is 4. The van der Waals surface area contributed by atoms with Gasteiger partial charge in [0.15, 0.2) is 5.76 Å². The van der Waals surface area contributed by atoms with Gasteiger partial charge in [0.1, 0.15) is 11.5 Å². The monoisotopic (exact) mass is 339 g/mol. The number of anilines is 1. The Bertz CT molecular complexity index is 814. The molecule has 4 nitrogen and oxygen atoms in total. The SMILES string of the molecule is COc1cccc(NC(=O)c2ccc(CSc3ccccc3)o2)c1. The number of nitrogens with one attached hydrogen (secondary N) is 1. The Labute approximate surface area is 144 Å². The van der Waals surface area contributed by atoms with Crippen LogP contribution in [0, 0.1) is 0 Å². The van der Waals surface area contributed by atoms with Crippen molar-refractivity contribution in [3.05, 3.63) is 78.3 Å². The molecule has 2 aromatic carbocycles. The molecule has 5 heteroatoms. The van der Waals surface area contributed by atoms with Gasteiger partial charge in [0, 0.05) is 16.6 Å². The molecule has 3 aromatic rings. The molecule has 0 aliphatic rings. The van der Waals surface area contributed by atoms with Crippen LogP contribution in [0.2, 0.25) is 0 Å². The highest BCUT2D eigenvalue weighted by molar-refractivity contribution is 7.98. The molecule has 24 heavy (non-hydrogen) atoms. The van der Waals surface area contributed by atoms with E-state index in [1.54, 1.807) is 37.1 Å². The topological polar surface area (TPSA) is 51.5 Å². The average Bonchev–Trinajstić information content (AvgIpc) is 3.10. The fourth-order valence-electron chi connectivity index (χ4n) is 2.14. The van der Waals surface area contributed by atoms with Crippen molar-refractivity contribution in [3.8, 4) is 5.75 Å². The van der Waals surface area contributed by atoms with E-state index in [0.717, 1.165) is 10.7 Å². The molecule has 0 saturated heterocycles. The zero-order valence-corrected chi connectivity index (χ0v) is 14.0. The maximum atomic E-state index is 12.2.